The molecule has 0 atom stereocenters. The van der Waals surface area contributed by atoms with Crippen LogP contribution in [0.4, 0.5) is 0 Å². The molecule has 0 aliphatic carbocycles. The molecule has 0 aromatic carbocycles. The molecule has 1 aromatic heterocycles. The summed E-state index contributed by atoms with van der Waals surface area (Å²) in [4.78, 5) is 3.94. The van der Waals surface area contributed by atoms with Crippen LogP contribution in [0, 0.1) is 0 Å². The number of pyridine rings is 1. The van der Waals surface area contributed by atoms with E-state index < -0.39 is 9.05 Å². The Balaban J connectivity index is 2.82. The Morgan fingerprint density at radius 3 is 2.69 bits per heavy atom. The first kappa shape index (κ1) is 10.2. The van der Waals surface area contributed by atoms with E-state index in [0.29, 0.717) is 11.3 Å². The molecule has 0 radical (unpaired) electrons. The maximum Gasteiger partial charge on any atom is 0.236 e. The summed E-state index contributed by atoms with van der Waals surface area (Å²) in [6.07, 6.45) is 1.57. The largest absolute Gasteiger partial charge is 0.257 e. The summed E-state index contributed by atoms with van der Waals surface area (Å²) in [7, 11) is 1.52. The highest BCUT2D eigenvalue weighted by Gasteiger charge is 2.09. The zero-order valence-corrected chi connectivity index (χ0v) is 8.35. The van der Waals surface area contributed by atoms with E-state index in [2.05, 4.69) is 11.6 Å². The van der Waals surface area contributed by atoms with Crippen molar-refractivity contribution >= 4 is 25.3 Å². The highest BCUT2D eigenvalue weighted by molar-refractivity contribution is 8.14. The fourth-order valence-corrected chi connectivity index (χ4v) is 1.81. The van der Waals surface area contributed by atoms with Gasteiger partial charge in [0.1, 0.15) is 0 Å². The Labute approximate surface area is 81.5 Å². The van der Waals surface area contributed by atoms with Crippen LogP contribution in [-0.2, 0) is 9.05 Å². The van der Waals surface area contributed by atoms with Crippen LogP contribution in [0.15, 0.2) is 31.0 Å². The zero-order valence-electron chi connectivity index (χ0n) is 6.77. The van der Waals surface area contributed by atoms with Gasteiger partial charge in [0, 0.05) is 16.9 Å². The highest BCUT2D eigenvalue weighted by Crippen LogP contribution is 2.13. The van der Waals surface area contributed by atoms with E-state index in [9.17, 15) is 8.42 Å². The molecular weight excluding hydrogens is 210 g/mol. The third-order valence-electron chi connectivity index (χ3n) is 1.37. The zero-order chi connectivity index (χ0) is 9.90. The molecule has 1 aromatic rings. The maximum absolute atomic E-state index is 10.7. The van der Waals surface area contributed by atoms with Gasteiger partial charge in [0.25, 0.3) is 0 Å². The first-order chi connectivity index (χ1) is 5.99. The molecule has 0 N–H and O–H groups in total. The van der Waals surface area contributed by atoms with Crippen LogP contribution < -0.4 is 0 Å². The van der Waals surface area contributed by atoms with Gasteiger partial charge >= 0.3 is 0 Å². The number of hydrogen-bond donors (Lipinski definition) is 0. The van der Waals surface area contributed by atoms with Crippen molar-refractivity contribution in [3.05, 3.63) is 36.7 Å². The number of rotatable bonds is 3. The van der Waals surface area contributed by atoms with Crippen molar-refractivity contribution in [3.63, 3.8) is 0 Å². The average Bonchev–Trinajstić information content (AvgIpc) is 2.03. The van der Waals surface area contributed by atoms with Crippen molar-refractivity contribution in [3.8, 4) is 0 Å². The topological polar surface area (TPSA) is 47.0 Å². The Bertz CT molecular complexity index is 399. The quantitative estimate of drug-likeness (QED) is 0.724. The van der Waals surface area contributed by atoms with Crippen molar-refractivity contribution < 1.29 is 8.42 Å². The predicted octanol–water partition coefficient (Wildman–Crippen LogP) is 1.66. The molecule has 0 saturated heterocycles. The molecule has 1 rings (SSSR count). The smallest absolute Gasteiger partial charge is 0.236 e. The number of nitrogens with zero attached hydrogens (tertiary/aromatic N) is 1. The number of aromatic nitrogens is 1. The van der Waals surface area contributed by atoms with Gasteiger partial charge in [-0.2, -0.15) is 0 Å². The molecule has 0 amide bonds. The summed E-state index contributed by atoms with van der Waals surface area (Å²) in [6, 6.07) is 5.19. The van der Waals surface area contributed by atoms with Gasteiger partial charge in [0.2, 0.25) is 9.05 Å². The molecular formula is C8H8ClNO2S. The SMILES string of the molecule is C=C(CS(=O)(=O)Cl)c1ccccn1. The third kappa shape index (κ3) is 3.57. The van der Waals surface area contributed by atoms with Crippen molar-refractivity contribution in [1.29, 1.82) is 0 Å². The molecule has 0 spiro atoms. The molecule has 5 heteroatoms. The second-order valence-corrected chi connectivity index (χ2v) is 5.28. The molecule has 0 saturated carbocycles. The summed E-state index contributed by atoms with van der Waals surface area (Å²) < 4.78 is 21.4. The van der Waals surface area contributed by atoms with Crippen molar-refractivity contribution in [2.45, 2.75) is 0 Å². The molecule has 1 heterocycles. The van der Waals surface area contributed by atoms with E-state index in [-0.39, 0.29) is 5.75 Å². The molecule has 0 fully saturated rings. The molecule has 0 aliphatic heterocycles. The lowest BCUT2D eigenvalue weighted by molar-refractivity contribution is 0.612. The van der Waals surface area contributed by atoms with Gasteiger partial charge in [-0.25, -0.2) is 8.42 Å². The van der Waals surface area contributed by atoms with Crippen molar-refractivity contribution in [1.82, 2.24) is 4.98 Å². The summed E-state index contributed by atoms with van der Waals surface area (Å²) >= 11 is 0. The Kier molecular flexibility index (Phi) is 3.06. The minimum atomic E-state index is -3.54. The summed E-state index contributed by atoms with van der Waals surface area (Å²) in [5.41, 5.74) is 0.947. The fourth-order valence-electron chi connectivity index (χ4n) is 0.854. The van der Waals surface area contributed by atoms with Crippen molar-refractivity contribution in [2.24, 2.45) is 0 Å². The first-order valence-corrected chi connectivity index (χ1v) is 5.98. The Hall–Kier alpha value is -0.870. The normalized spacial score (nSPS) is 11.2. The number of halogens is 1. The minimum absolute atomic E-state index is 0.272. The van der Waals surface area contributed by atoms with Crippen LogP contribution in [0.1, 0.15) is 5.69 Å². The summed E-state index contributed by atoms with van der Waals surface area (Å²) in [5.74, 6) is -0.272. The molecule has 0 bridgehead atoms. The molecule has 70 valence electrons. The fraction of sp³-hybridized carbons (Fsp3) is 0.125. The molecule has 0 unspecified atom stereocenters. The van der Waals surface area contributed by atoms with E-state index >= 15 is 0 Å². The maximum atomic E-state index is 10.7. The predicted molar refractivity (Wildman–Crippen MR) is 52.9 cm³/mol. The lowest BCUT2D eigenvalue weighted by atomic mass is 10.2. The van der Waals surface area contributed by atoms with Gasteiger partial charge in [0.15, 0.2) is 0 Å². The van der Waals surface area contributed by atoms with Gasteiger partial charge in [0.05, 0.1) is 11.4 Å². The van der Waals surface area contributed by atoms with Gasteiger partial charge in [-0.05, 0) is 17.7 Å². The van der Waals surface area contributed by atoms with Gasteiger partial charge in [-0.1, -0.05) is 12.6 Å². The van der Waals surface area contributed by atoms with E-state index in [0.717, 1.165) is 0 Å². The monoisotopic (exact) mass is 217 g/mol. The van der Waals surface area contributed by atoms with Crippen LogP contribution in [0.25, 0.3) is 5.57 Å². The minimum Gasteiger partial charge on any atom is -0.257 e. The van der Waals surface area contributed by atoms with Gasteiger partial charge in [-0.15, -0.1) is 0 Å². The van der Waals surface area contributed by atoms with Crippen molar-refractivity contribution in [2.75, 3.05) is 5.75 Å². The Morgan fingerprint density at radius 2 is 2.23 bits per heavy atom. The molecule has 3 nitrogen and oxygen atoms in total. The third-order valence-corrected chi connectivity index (χ3v) is 2.39. The van der Waals surface area contributed by atoms with Crippen LogP contribution in [-0.4, -0.2) is 19.2 Å². The van der Waals surface area contributed by atoms with E-state index in [1.807, 2.05) is 0 Å². The van der Waals surface area contributed by atoms with Crippen LogP contribution in [0.5, 0.6) is 0 Å². The van der Waals surface area contributed by atoms with Crippen LogP contribution in [0.2, 0.25) is 0 Å². The molecule has 0 aliphatic rings. The lowest BCUT2D eigenvalue weighted by Gasteiger charge is -2.00. The second kappa shape index (κ2) is 3.89. The first-order valence-electron chi connectivity index (χ1n) is 3.50. The van der Waals surface area contributed by atoms with Gasteiger partial charge in [-0.3, -0.25) is 4.98 Å². The van der Waals surface area contributed by atoms with E-state index in [1.165, 1.54) is 0 Å². The lowest BCUT2D eigenvalue weighted by Crippen LogP contribution is -2.00. The highest BCUT2D eigenvalue weighted by atomic mass is 35.7. The van der Waals surface area contributed by atoms with Crippen LogP contribution >= 0.6 is 10.7 Å². The van der Waals surface area contributed by atoms with Gasteiger partial charge < -0.3 is 0 Å². The second-order valence-electron chi connectivity index (χ2n) is 2.50. The summed E-state index contributed by atoms with van der Waals surface area (Å²) in [5, 5.41) is 0. The summed E-state index contributed by atoms with van der Waals surface area (Å²) in [6.45, 7) is 3.58. The van der Waals surface area contributed by atoms with E-state index in [1.54, 1.807) is 24.4 Å². The number of hydrogen-bond acceptors (Lipinski definition) is 3. The van der Waals surface area contributed by atoms with Crippen LogP contribution in [0.3, 0.4) is 0 Å². The van der Waals surface area contributed by atoms with E-state index in [4.69, 9.17) is 10.7 Å². The Morgan fingerprint density at radius 1 is 1.54 bits per heavy atom. The average molecular weight is 218 g/mol. The standard InChI is InChI=1S/C8H8ClNO2S/c1-7(6-13(9,11)12)8-4-2-3-5-10-8/h2-5H,1,6H2. The molecule has 13 heavy (non-hydrogen) atoms.